The van der Waals surface area contributed by atoms with Gasteiger partial charge in [0, 0.05) is 24.3 Å². The summed E-state index contributed by atoms with van der Waals surface area (Å²) in [5.74, 6) is 0.940. The monoisotopic (exact) mass is 316 g/mol. The van der Waals surface area contributed by atoms with Crippen molar-refractivity contribution >= 4 is 11.6 Å². The Labute approximate surface area is 139 Å². The number of ether oxygens (including phenoxy) is 1. The van der Waals surface area contributed by atoms with Gasteiger partial charge in [-0.05, 0) is 62.6 Å². The average Bonchev–Trinajstić information content (AvgIpc) is 2.57. The number of hydrogen-bond acceptors (Lipinski definition) is 3. The van der Waals surface area contributed by atoms with Crippen LogP contribution in [0.25, 0.3) is 0 Å². The fraction of sp³-hybridized carbons (Fsp3) is 0.632. The van der Waals surface area contributed by atoms with Gasteiger partial charge in [-0.15, -0.1) is 0 Å². The quantitative estimate of drug-likeness (QED) is 0.869. The number of amides is 1. The van der Waals surface area contributed by atoms with Gasteiger partial charge in [0.1, 0.15) is 0 Å². The fourth-order valence-corrected chi connectivity index (χ4v) is 3.69. The van der Waals surface area contributed by atoms with Crippen LogP contribution in [-0.4, -0.2) is 36.1 Å². The van der Waals surface area contributed by atoms with Gasteiger partial charge in [0.05, 0.1) is 12.2 Å². The van der Waals surface area contributed by atoms with E-state index in [0.717, 1.165) is 31.8 Å². The zero-order chi connectivity index (χ0) is 16.2. The standard InChI is InChI=1S/C19H28N2O2/c1-14-5-7-17(8-6-14)23-18-9-11-21(12-10-18)19(22)15-3-2-4-16(20)13-15/h2-4,13-14,17-18H,5-12,20H2,1H3. The third-order valence-electron chi connectivity index (χ3n) is 5.21. The van der Waals surface area contributed by atoms with Crippen molar-refractivity contribution in [3.8, 4) is 0 Å². The van der Waals surface area contributed by atoms with E-state index in [-0.39, 0.29) is 5.91 Å². The smallest absolute Gasteiger partial charge is 0.253 e. The number of hydrogen-bond donors (Lipinski definition) is 1. The number of carbonyl (C=O) groups is 1. The number of benzene rings is 1. The minimum atomic E-state index is 0.0854. The summed E-state index contributed by atoms with van der Waals surface area (Å²) in [5, 5.41) is 0. The molecule has 1 heterocycles. The Morgan fingerprint density at radius 1 is 1.09 bits per heavy atom. The highest BCUT2D eigenvalue weighted by Crippen LogP contribution is 2.28. The molecule has 1 aliphatic heterocycles. The maximum atomic E-state index is 12.5. The summed E-state index contributed by atoms with van der Waals surface area (Å²) >= 11 is 0. The molecule has 4 nitrogen and oxygen atoms in total. The number of carbonyl (C=O) groups excluding carboxylic acids is 1. The van der Waals surface area contributed by atoms with Crippen molar-refractivity contribution in [3.63, 3.8) is 0 Å². The van der Waals surface area contributed by atoms with Crippen molar-refractivity contribution in [2.75, 3.05) is 18.8 Å². The van der Waals surface area contributed by atoms with Crippen molar-refractivity contribution in [1.82, 2.24) is 4.90 Å². The molecule has 0 bridgehead atoms. The summed E-state index contributed by atoms with van der Waals surface area (Å²) in [6, 6.07) is 7.24. The molecule has 1 aromatic carbocycles. The summed E-state index contributed by atoms with van der Waals surface area (Å²) in [6.45, 7) is 3.89. The van der Waals surface area contributed by atoms with Crippen LogP contribution < -0.4 is 5.73 Å². The van der Waals surface area contributed by atoms with Gasteiger partial charge in [-0.25, -0.2) is 0 Å². The van der Waals surface area contributed by atoms with Crippen molar-refractivity contribution < 1.29 is 9.53 Å². The predicted octanol–water partition coefficient (Wildman–Crippen LogP) is 3.47. The number of likely N-dealkylation sites (tertiary alicyclic amines) is 1. The maximum Gasteiger partial charge on any atom is 0.253 e. The second kappa shape index (κ2) is 7.35. The molecule has 1 aliphatic carbocycles. The number of nitrogens with two attached hydrogens (primary N) is 1. The molecule has 2 N–H and O–H groups in total. The number of anilines is 1. The third-order valence-corrected chi connectivity index (χ3v) is 5.21. The summed E-state index contributed by atoms with van der Waals surface area (Å²) in [7, 11) is 0. The molecule has 1 saturated carbocycles. The van der Waals surface area contributed by atoms with E-state index in [1.54, 1.807) is 6.07 Å². The molecule has 4 heteroatoms. The highest BCUT2D eigenvalue weighted by atomic mass is 16.5. The first-order chi connectivity index (χ1) is 11.1. The summed E-state index contributed by atoms with van der Waals surface area (Å²) in [4.78, 5) is 14.4. The lowest BCUT2D eigenvalue weighted by Crippen LogP contribution is -2.42. The van der Waals surface area contributed by atoms with Gasteiger partial charge in [0.2, 0.25) is 0 Å². The predicted molar refractivity (Wildman–Crippen MR) is 92.3 cm³/mol. The molecular weight excluding hydrogens is 288 g/mol. The zero-order valence-electron chi connectivity index (χ0n) is 14.0. The van der Waals surface area contributed by atoms with E-state index in [2.05, 4.69) is 6.92 Å². The Hall–Kier alpha value is -1.55. The molecule has 126 valence electrons. The fourth-order valence-electron chi connectivity index (χ4n) is 3.69. The van der Waals surface area contributed by atoms with Gasteiger partial charge >= 0.3 is 0 Å². The number of piperidine rings is 1. The van der Waals surface area contributed by atoms with Gasteiger partial charge in [0.15, 0.2) is 0 Å². The van der Waals surface area contributed by atoms with Crippen LogP contribution in [0, 0.1) is 5.92 Å². The van der Waals surface area contributed by atoms with Crippen LogP contribution in [0.3, 0.4) is 0 Å². The van der Waals surface area contributed by atoms with Crippen LogP contribution in [0.1, 0.15) is 55.8 Å². The first kappa shape index (κ1) is 16.3. The lowest BCUT2D eigenvalue weighted by Gasteiger charge is -2.35. The van der Waals surface area contributed by atoms with Gasteiger partial charge in [-0.3, -0.25) is 4.79 Å². The van der Waals surface area contributed by atoms with E-state index < -0.39 is 0 Å². The molecule has 2 fully saturated rings. The first-order valence-electron chi connectivity index (χ1n) is 8.92. The molecule has 0 spiro atoms. The van der Waals surface area contributed by atoms with E-state index in [9.17, 15) is 4.79 Å². The Balaban J connectivity index is 1.47. The molecule has 1 aromatic rings. The highest BCUT2D eigenvalue weighted by molar-refractivity contribution is 5.95. The Morgan fingerprint density at radius 3 is 2.39 bits per heavy atom. The molecule has 0 atom stereocenters. The summed E-state index contributed by atoms with van der Waals surface area (Å²) in [6.07, 6.45) is 7.62. The van der Waals surface area contributed by atoms with Gasteiger partial charge in [-0.1, -0.05) is 13.0 Å². The van der Waals surface area contributed by atoms with Gasteiger partial charge in [0.25, 0.3) is 5.91 Å². The largest absolute Gasteiger partial charge is 0.399 e. The summed E-state index contributed by atoms with van der Waals surface area (Å²) < 4.78 is 6.28. The molecule has 0 aromatic heterocycles. The molecule has 23 heavy (non-hydrogen) atoms. The second-order valence-corrected chi connectivity index (χ2v) is 7.13. The van der Waals surface area contributed by atoms with Crippen molar-refractivity contribution in [1.29, 1.82) is 0 Å². The first-order valence-corrected chi connectivity index (χ1v) is 8.92. The Bertz CT molecular complexity index is 530. The van der Waals surface area contributed by atoms with Crippen molar-refractivity contribution in [3.05, 3.63) is 29.8 Å². The second-order valence-electron chi connectivity index (χ2n) is 7.13. The van der Waals surface area contributed by atoms with E-state index in [4.69, 9.17) is 10.5 Å². The average molecular weight is 316 g/mol. The Kier molecular flexibility index (Phi) is 5.21. The van der Waals surface area contributed by atoms with E-state index in [1.807, 2.05) is 23.1 Å². The SMILES string of the molecule is CC1CCC(OC2CCN(C(=O)c3cccc(N)c3)CC2)CC1. The molecule has 2 aliphatic rings. The normalized spacial score (nSPS) is 26.2. The molecule has 0 radical (unpaired) electrons. The number of nitrogens with zero attached hydrogens (tertiary/aromatic N) is 1. The molecule has 1 amide bonds. The summed E-state index contributed by atoms with van der Waals surface area (Å²) in [5.41, 5.74) is 7.10. The number of rotatable bonds is 3. The van der Waals surface area contributed by atoms with E-state index >= 15 is 0 Å². The Morgan fingerprint density at radius 2 is 1.74 bits per heavy atom. The van der Waals surface area contributed by atoms with Crippen molar-refractivity contribution in [2.45, 2.75) is 57.7 Å². The zero-order valence-corrected chi connectivity index (χ0v) is 14.0. The maximum absolute atomic E-state index is 12.5. The lowest BCUT2D eigenvalue weighted by atomic mass is 9.88. The topological polar surface area (TPSA) is 55.6 Å². The minimum Gasteiger partial charge on any atom is -0.399 e. The molecular formula is C19H28N2O2. The van der Waals surface area contributed by atoms with Crippen LogP contribution in [0.15, 0.2) is 24.3 Å². The molecule has 3 rings (SSSR count). The highest BCUT2D eigenvalue weighted by Gasteiger charge is 2.27. The van der Waals surface area contributed by atoms with Gasteiger partial charge in [-0.2, -0.15) is 0 Å². The van der Waals surface area contributed by atoms with E-state index in [0.29, 0.717) is 23.5 Å². The van der Waals surface area contributed by atoms with E-state index in [1.165, 1.54) is 25.7 Å². The van der Waals surface area contributed by atoms with Crippen LogP contribution >= 0.6 is 0 Å². The molecule has 1 saturated heterocycles. The lowest BCUT2D eigenvalue weighted by molar-refractivity contribution is -0.0570. The van der Waals surface area contributed by atoms with Gasteiger partial charge < -0.3 is 15.4 Å². The van der Waals surface area contributed by atoms with Crippen LogP contribution in [0.4, 0.5) is 5.69 Å². The van der Waals surface area contributed by atoms with Crippen LogP contribution in [-0.2, 0) is 4.74 Å². The van der Waals surface area contributed by atoms with Crippen molar-refractivity contribution in [2.24, 2.45) is 5.92 Å². The minimum absolute atomic E-state index is 0.0854. The van der Waals surface area contributed by atoms with Crippen LogP contribution in [0.2, 0.25) is 0 Å². The third kappa shape index (κ3) is 4.25. The molecule has 0 unspecified atom stereocenters. The number of nitrogen functional groups attached to an aromatic ring is 1. The van der Waals surface area contributed by atoms with Crippen LogP contribution in [0.5, 0.6) is 0 Å².